The van der Waals surface area contributed by atoms with Gasteiger partial charge in [0.25, 0.3) is 5.91 Å². The molecule has 0 unspecified atom stereocenters. The number of urea groups is 1. The molecule has 23 heavy (non-hydrogen) atoms. The molecule has 0 spiro atoms. The van der Waals surface area contributed by atoms with Crippen molar-refractivity contribution < 1.29 is 23.9 Å². The van der Waals surface area contributed by atoms with Crippen LogP contribution in [-0.4, -0.2) is 69.5 Å². The highest BCUT2D eigenvalue weighted by molar-refractivity contribution is 8.01. The Labute approximate surface area is 137 Å². The average molecular weight is 341 g/mol. The summed E-state index contributed by atoms with van der Waals surface area (Å²) in [7, 11) is 0. The normalized spacial score (nSPS) is 31.1. The van der Waals surface area contributed by atoms with Crippen LogP contribution < -0.4 is 5.32 Å². The molecule has 0 bridgehead atoms. The average Bonchev–Trinajstić information content (AvgIpc) is 3.14. The zero-order valence-electron chi connectivity index (χ0n) is 13.0. The molecule has 126 valence electrons. The molecule has 0 aromatic rings. The van der Waals surface area contributed by atoms with Gasteiger partial charge in [-0.2, -0.15) is 0 Å². The van der Waals surface area contributed by atoms with Crippen LogP contribution in [-0.2, 0) is 19.1 Å². The third kappa shape index (κ3) is 2.66. The third-order valence-electron chi connectivity index (χ3n) is 4.48. The molecule has 3 heterocycles. The van der Waals surface area contributed by atoms with Gasteiger partial charge in [-0.05, 0) is 20.3 Å². The van der Waals surface area contributed by atoms with Crippen molar-refractivity contribution in [3.8, 4) is 0 Å². The van der Waals surface area contributed by atoms with Crippen LogP contribution in [0.4, 0.5) is 4.79 Å². The summed E-state index contributed by atoms with van der Waals surface area (Å²) in [6, 6.07) is -1.14. The number of nitrogens with zero attached hydrogens (tertiary/aromatic N) is 2. The van der Waals surface area contributed by atoms with Crippen LogP contribution in [0.5, 0.6) is 0 Å². The maximum Gasteiger partial charge on any atom is 0.330 e. The summed E-state index contributed by atoms with van der Waals surface area (Å²) in [5.74, 6) is -0.726. The van der Waals surface area contributed by atoms with E-state index in [0.717, 1.165) is 4.90 Å². The first-order valence-electron chi connectivity index (χ1n) is 7.59. The van der Waals surface area contributed by atoms with Crippen LogP contribution in [0.3, 0.4) is 0 Å². The van der Waals surface area contributed by atoms with Gasteiger partial charge in [-0.1, -0.05) is 0 Å². The fourth-order valence-electron chi connectivity index (χ4n) is 3.20. The molecule has 1 N–H and O–H groups in total. The Hall–Kier alpha value is -1.77. The third-order valence-corrected chi connectivity index (χ3v) is 5.99. The Bertz CT molecular complexity index is 583. The highest BCUT2D eigenvalue weighted by atomic mass is 32.2. The molecule has 0 aliphatic carbocycles. The molecule has 0 aromatic carbocycles. The van der Waals surface area contributed by atoms with Crippen molar-refractivity contribution in [1.82, 2.24) is 15.1 Å². The van der Waals surface area contributed by atoms with E-state index in [-0.39, 0.29) is 17.3 Å². The number of carbonyl (C=O) groups is 4. The van der Waals surface area contributed by atoms with Gasteiger partial charge >= 0.3 is 12.0 Å². The summed E-state index contributed by atoms with van der Waals surface area (Å²) in [6.07, 6.45) is 0.0826. The van der Waals surface area contributed by atoms with Gasteiger partial charge in [0.1, 0.15) is 6.04 Å². The number of hydrogen-bond donors (Lipinski definition) is 1. The summed E-state index contributed by atoms with van der Waals surface area (Å²) in [6.45, 7) is 4.05. The molecule has 0 radical (unpaired) electrons. The summed E-state index contributed by atoms with van der Waals surface area (Å²) in [4.78, 5) is 50.3. The van der Waals surface area contributed by atoms with Gasteiger partial charge in [-0.3, -0.25) is 14.5 Å². The number of hydrogen-bond acceptors (Lipinski definition) is 6. The van der Waals surface area contributed by atoms with E-state index >= 15 is 0 Å². The molecule has 0 aromatic heterocycles. The number of fused-ring (bicyclic) bond motifs is 1. The lowest BCUT2D eigenvalue weighted by atomic mass is 10.2. The summed E-state index contributed by atoms with van der Waals surface area (Å²) in [5.41, 5.74) is 0. The zero-order valence-corrected chi connectivity index (χ0v) is 13.9. The largest absolute Gasteiger partial charge is 0.451 e. The van der Waals surface area contributed by atoms with Crippen molar-refractivity contribution in [2.75, 3.05) is 18.8 Å². The van der Waals surface area contributed by atoms with Crippen molar-refractivity contribution in [2.24, 2.45) is 0 Å². The Morgan fingerprint density at radius 2 is 2.17 bits per heavy atom. The lowest BCUT2D eigenvalue weighted by Gasteiger charge is -2.30. The Morgan fingerprint density at radius 1 is 1.43 bits per heavy atom. The van der Waals surface area contributed by atoms with Crippen LogP contribution >= 0.6 is 11.8 Å². The minimum atomic E-state index is -1.05. The minimum Gasteiger partial charge on any atom is -0.451 e. The molecule has 3 atom stereocenters. The summed E-state index contributed by atoms with van der Waals surface area (Å²) in [5, 5.41) is 2.52. The van der Waals surface area contributed by atoms with Gasteiger partial charge < -0.3 is 15.0 Å². The van der Waals surface area contributed by atoms with Crippen molar-refractivity contribution >= 4 is 35.6 Å². The number of carbonyl (C=O) groups excluding carboxylic acids is 4. The number of nitrogens with one attached hydrogen (secondary N) is 1. The van der Waals surface area contributed by atoms with E-state index in [9.17, 15) is 19.2 Å². The van der Waals surface area contributed by atoms with Crippen LogP contribution in [0, 0.1) is 0 Å². The molecule has 3 aliphatic heterocycles. The Morgan fingerprint density at radius 3 is 2.83 bits per heavy atom. The fraction of sp³-hybridized carbons (Fsp3) is 0.714. The number of imide groups is 1. The first kappa shape index (κ1) is 16.1. The molecular formula is C14H19N3O5S. The quantitative estimate of drug-likeness (QED) is 0.722. The number of rotatable bonds is 3. The molecule has 0 saturated carbocycles. The first-order chi connectivity index (χ1) is 10.8. The summed E-state index contributed by atoms with van der Waals surface area (Å²) < 4.78 is 5.24. The molecule has 3 aliphatic rings. The lowest BCUT2D eigenvalue weighted by molar-refractivity contribution is -0.163. The van der Waals surface area contributed by atoms with Crippen molar-refractivity contribution in [3.05, 3.63) is 0 Å². The highest BCUT2D eigenvalue weighted by Crippen LogP contribution is 2.47. The first-order valence-corrected chi connectivity index (χ1v) is 8.58. The number of amides is 4. The van der Waals surface area contributed by atoms with E-state index in [1.807, 2.05) is 6.92 Å². The second kappa shape index (κ2) is 5.70. The fourth-order valence-corrected chi connectivity index (χ4v) is 4.62. The monoisotopic (exact) mass is 341 g/mol. The number of esters is 1. The maximum absolute atomic E-state index is 12.4. The van der Waals surface area contributed by atoms with Gasteiger partial charge in [0.15, 0.2) is 6.10 Å². The zero-order chi connectivity index (χ0) is 16.8. The topological polar surface area (TPSA) is 96.0 Å². The lowest BCUT2D eigenvalue weighted by Crippen LogP contribution is -2.49. The Balaban J connectivity index is 1.64. The van der Waals surface area contributed by atoms with Crippen LogP contribution in [0.15, 0.2) is 0 Å². The predicted octanol–water partition coefficient (Wildman–Crippen LogP) is -0.0761. The second-order valence-corrected chi connectivity index (χ2v) is 7.57. The molecule has 3 rings (SSSR count). The van der Waals surface area contributed by atoms with E-state index < -0.39 is 30.1 Å². The van der Waals surface area contributed by atoms with Crippen molar-refractivity contribution in [2.45, 2.75) is 43.7 Å². The SMILES string of the molecule is C[C@@H](OC(=O)[C@@H]1CS[C@@]2(C)CCC(=O)N12)C(=O)N1CCNC1=O. The van der Waals surface area contributed by atoms with Crippen molar-refractivity contribution in [1.29, 1.82) is 0 Å². The van der Waals surface area contributed by atoms with E-state index in [4.69, 9.17) is 4.74 Å². The molecule has 4 amide bonds. The van der Waals surface area contributed by atoms with Gasteiger partial charge in [0, 0.05) is 25.3 Å². The highest BCUT2D eigenvalue weighted by Gasteiger charge is 2.53. The van der Waals surface area contributed by atoms with E-state index in [2.05, 4.69) is 5.32 Å². The van der Waals surface area contributed by atoms with E-state index in [0.29, 0.717) is 25.1 Å². The second-order valence-electron chi connectivity index (χ2n) is 6.07. The van der Waals surface area contributed by atoms with Gasteiger partial charge in [0.2, 0.25) is 5.91 Å². The smallest absolute Gasteiger partial charge is 0.330 e. The molecular weight excluding hydrogens is 322 g/mol. The summed E-state index contributed by atoms with van der Waals surface area (Å²) >= 11 is 1.56. The maximum atomic E-state index is 12.4. The van der Waals surface area contributed by atoms with Crippen LogP contribution in [0.2, 0.25) is 0 Å². The van der Waals surface area contributed by atoms with Gasteiger partial charge in [0.05, 0.1) is 4.87 Å². The standard InChI is InChI=1S/C14H19N3O5S/c1-8(11(19)16-6-5-15-13(16)21)22-12(20)9-7-23-14(2)4-3-10(18)17(9)14/h8-9H,3-7H2,1-2H3,(H,15,21)/t8-,9+,14+/m1/s1. The number of ether oxygens (including phenoxy) is 1. The van der Waals surface area contributed by atoms with E-state index in [1.165, 1.54) is 6.92 Å². The number of thioether (sulfide) groups is 1. The molecule has 9 heteroatoms. The Kier molecular flexibility index (Phi) is 3.99. The van der Waals surface area contributed by atoms with Crippen LogP contribution in [0.1, 0.15) is 26.7 Å². The molecule has 3 fully saturated rings. The molecule has 3 saturated heterocycles. The predicted molar refractivity (Wildman–Crippen MR) is 81.4 cm³/mol. The van der Waals surface area contributed by atoms with Crippen LogP contribution in [0.25, 0.3) is 0 Å². The van der Waals surface area contributed by atoms with Crippen molar-refractivity contribution in [3.63, 3.8) is 0 Å². The van der Waals surface area contributed by atoms with Gasteiger partial charge in [-0.15, -0.1) is 11.8 Å². The van der Waals surface area contributed by atoms with Gasteiger partial charge in [-0.25, -0.2) is 9.59 Å². The van der Waals surface area contributed by atoms with E-state index in [1.54, 1.807) is 16.7 Å². The molecule has 8 nitrogen and oxygen atoms in total. The minimum absolute atomic E-state index is 0.0580.